The summed E-state index contributed by atoms with van der Waals surface area (Å²) in [5, 5.41) is 2.85. The lowest BCUT2D eigenvalue weighted by atomic mass is 10.0. The Morgan fingerprint density at radius 3 is 2.29 bits per heavy atom. The molecule has 0 heterocycles. The average molecular weight is 236 g/mol. The number of primary amides is 2. The fourth-order valence-corrected chi connectivity index (χ4v) is 1.28. The van der Waals surface area contributed by atoms with Gasteiger partial charge in [0.05, 0.1) is 5.56 Å². The number of nitrogens with two attached hydrogens (primary N) is 3. The van der Waals surface area contributed by atoms with E-state index in [0.717, 1.165) is 0 Å². The summed E-state index contributed by atoms with van der Waals surface area (Å²) < 4.78 is 0. The van der Waals surface area contributed by atoms with Crippen LogP contribution in [0.1, 0.15) is 24.2 Å². The standard InChI is InChI=1S/C11H16N4O2/c1-11(2,10(14)17)15-8-5-6(12)3-4-7(8)9(13)16/h3-5,15H,12H2,1-2H3,(H2,13,16)(H2,14,17). The highest BCUT2D eigenvalue weighted by molar-refractivity contribution is 6.00. The number of anilines is 2. The van der Waals surface area contributed by atoms with Crippen molar-refractivity contribution in [2.24, 2.45) is 11.5 Å². The van der Waals surface area contributed by atoms with Gasteiger partial charge in [-0.1, -0.05) is 0 Å². The third-order valence-electron chi connectivity index (χ3n) is 2.37. The Morgan fingerprint density at radius 1 is 1.24 bits per heavy atom. The van der Waals surface area contributed by atoms with Gasteiger partial charge in [0.2, 0.25) is 5.91 Å². The molecule has 1 aromatic carbocycles. The van der Waals surface area contributed by atoms with Gasteiger partial charge in [0.1, 0.15) is 5.54 Å². The first-order valence-corrected chi connectivity index (χ1v) is 5.01. The average Bonchev–Trinajstić information content (AvgIpc) is 2.15. The highest BCUT2D eigenvalue weighted by Gasteiger charge is 2.26. The Balaban J connectivity index is 3.17. The summed E-state index contributed by atoms with van der Waals surface area (Å²) >= 11 is 0. The molecule has 0 saturated heterocycles. The lowest BCUT2D eigenvalue weighted by molar-refractivity contribution is -0.121. The van der Waals surface area contributed by atoms with Gasteiger partial charge in [0.25, 0.3) is 5.91 Å². The summed E-state index contributed by atoms with van der Waals surface area (Å²) in [7, 11) is 0. The SMILES string of the molecule is CC(C)(Nc1cc(N)ccc1C(N)=O)C(N)=O. The molecule has 17 heavy (non-hydrogen) atoms. The van der Waals surface area contributed by atoms with Crippen LogP contribution in [0.2, 0.25) is 0 Å². The molecule has 0 aliphatic heterocycles. The van der Waals surface area contributed by atoms with Crippen molar-refractivity contribution >= 4 is 23.2 Å². The van der Waals surface area contributed by atoms with Crippen LogP contribution in [0, 0.1) is 0 Å². The highest BCUT2D eigenvalue weighted by atomic mass is 16.2. The molecule has 0 radical (unpaired) electrons. The molecular weight excluding hydrogens is 220 g/mol. The molecule has 0 fully saturated rings. The van der Waals surface area contributed by atoms with Crippen LogP contribution in [-0.2, 0) is 4.79 Å². The van der Waals surface area contributed by atoms with E-state index in [9.17, 15) is 9.59 Å². The minimum Gasteiger partial charge on any atom is -0.399 e. The molecule has 2 amide bonds. The Hall–Kier alpha value is -2.24. The molecule has 0 atom stereocenters. The number of rotatable bonds is 4. The summed E-state index contributed by atoms with van der Waals surface area (Å²) in [6.45, 7) is 3.20. The van der Waals surface area contributed by atoms with Crippen LogP contribution < -0.4 is 22.5 Å². The van der Waals surface area contributed by atoms with Crippen molar-refractivity contribution in [1.29, 1.82) is 0 Å². The predicted octanol–water partition coefficient (Wildman–Crippen LogP) is 0.0435. The maximum Gasteiger partial charge on any atom is 0.250 e. The molecule has 6 heteroatoms. The van der Waals surface area contributed by atoms with Gasteiger partial charge in [-0.25, -0.2) is 0 Å². The molecule has 1 aromatic rings. The van der Waals surface area contributed by atoms with Crippen molar-refractivity contribution in [3.63, 3.8) is 0 Å². The molecule has 92 valence electrons. The molecule has 6 nitrogen and oxygen atoms in total. The first kappa shape index (κ1) is 12.8. The van der Waals surface area contributed by atoms with Crippen molar-refractivity contribution in [3.05, 3.63) is 23.8 Å². The van der Waals surface area contributed by atoms with E-state index < -0.39 is 17.4 Å². The smallest absolute Gasteiger partial charge is 0.250 e. The Bertz CT molecular complexity index is 469. The lowest BCUT2D eigenvalue weighted by Gasteiger charge is -2.25. The molecule has 0 aliphatic carbocycles. The third kappa shape index (κ3) is 2.87. The number of carbonyl (C=O) groups excluding carboxylic acids is 2. The molecule has 7 N–H and O–H groups in total. The van der Waals surface area contributed by atoms with Gasteiger partial charge in [-0.3, -0.25) is 9.59 Å². The van der Waals surface area contributed by atoms with Crippen LogP contribution in [0.15, 0.2) is 18.2 Å². The number of nitrogen functional groups attached to an aromatic ring is 1. The van der Waals surface area contributed by atoms with Gasteiger partial charge < -0.3 is 22.5 Å². The van der Waals surface area contributed by atoms with Crippen LogP contribution >= 0.6 is 0 Å². The summed E-state index contributed by atoms with van der Waals surface area (Å²) in [5.41, 5.74) is 16.2. The molecule has 0 bridgehead atoms. The van der Waals surface area contributed by atoms with Gasteiger partial charge in [0, 0.05) is 11.4 Å². The van der Waals surface area contributed by atoms with E-state index in [2.05, 4.69) is 5.32 Å². The lowest BCUT2D eigenvalue weighted by Crippen LogP contribution is -2.45. The number of hydrogen-bond acceptors (Lipinski definition) is 4. The second-order valence-corrected chi connectivity index (χ2v) is 4.28. The van der Waals surface area contributed by atoms with E-state index in [1.54, 1.807) is 19.9 Å². The van der Waals surface area contributed by atoms with Crippen LogP contribution in [0.3, 0.4) is 0 Å². The topological polar surface area (TPSA) is 124 Å². The van der Waals surface area contributed by atoms with E-state index >= 15 is 0 Å². The molecule has 0 spiro atoms. The van der Waals surface area contributed by atoms with Crippen molar-refractivity contribution in [1.82, 2.24) is 0 Å². The number of amides is 2. The van der Waals surface area contributed by atoms with Gasteiger partial charge >= 0.3 is 0 Å². The van der Waals surface area contributed by atoms with Crippen LogP contribution in [0.25, 0.3) is 0 Å². The summed E-state index contributed by atoms with van der Waals surface area (Å²) in [4.78, 5) is 22.4. The van der Waals surface area contributed by atoms with Crippen LogP contribution in [-0.4, -0.2) is 17.4 Å². The van der Waals surface area contributed by atoms with Crippen molar-refractivity contribution in [2.75, 3.05) is 11.1 Å². The summed E-state index contributed by atoms with van der Waals surface area (Å²) in [5.74, 6) is -1.15. The van der Waals surface area contributed by atoms with E-state index in [0.29, 0.717) is 11.4 Å². The number of nitrogens with one attached hydrogen (secondary N) is 1. The largest absolute Gasteiger partial charge is 0.399 e. The molecule has 0 unspecified atom stereocenters. The predicted molar refractivity (Wildman–Crippen MR) is 66.3 cm³/mol. The van der Waals surface area contributed by atoms with Crippen molar-refractivity contribution in [3.8, 4) is 0 Å². The number of carbonyl (C=O) groups is 2. The first-order chi connectivity index (χ1) is 7.74. The van der Waals surface area contributed by atoms with Gasteiger partial charge in [-0.05, 0) is 32.0 Å². The maximum absolute atomic E-state index is 11.2. The Labute approximate surface area is 99.1 Å². The zero-order chi connectivity index (χ0) is 13.2. The van der Waals surface area contributed by atoms with E-state index in [1.807, 2.05) is 0 Å². The van der Waals surface area contributed by atoms with Crippen LogP contribution in [0.4, 0.5) is 11.4 Å². The van der Waals surface area contributed by atoms with Gasteiger partial charge in [-0.2, -0.15) is 0 Å². The second kappa shape index (κ2) is 4.32. The normalized spacial score (nSPS) is 10.9. The van der Waals surface area contributed by atoms with Crippen molar-refractivity contribution in [2.45, 2.75) is 19.4 Å². The quantitative estimate of drug-likeness (QED) is 0.551. The molecule has 0 saturated carbocycles. The highest BCUT2D eigenvalue weighted by Crippen LogP contribution is 2.22. The first-order valence-electron chi connectivity index (χ1n) is 5.01. The minimum absolute atomic E-state index is 0.258. The Morgan fingerprint density at radius 2 is 1.82 bits per heavy atom. The monoisotopic (exact) mass is 236 g/mol. The van der Waals surface area contributed by atoms with E-state index in [4.69, 9.17) is 17.2 Å². The third-order valence-corrected chi connectivity index (χ3v) is 2.37. The molecular formula is C11H16N4O2. The molecule has 0 aliphatic rings. The summed E-state index contributed by atoms with van der Waals surface area (Å²) in [6.07, 6.45) is 0. The Kier molecular flexibility index (Phi) is 3.26. The van der Waals surface area contributed by atoms with E-state index in [1.165, 1.54) is 12.1 Å². The maximum atomic E-state index is 11.2. The zero-order valence-corrected chi connectivity index (χ0v) is 9.78. The zero-order valence-electron chi connectivity index (χ0n) is 9.78. The second-order valence-electron chi connectivity index (χ2n) is 4.28. The van der Waals surface area contributed by atoms with Crippen LogP contribution in [0.5, 0.6) is 0 Å². The van der Waals surface area contributed by atoms with Gasteiger partial charge in [0.15, 0.2) is 0 Å². The summed E-state index contributed by atoms with van der Waals surface area (Å²) in [6, 6.07) is 4.59. The van der Waals surface area contributed by atoms with Gasteiger partial charge in [-0.15, -0.1) is 0 Å². The minimum atomic E-state index is -1.00. The fraction of sp³-hybridized carbons (Fsp3) is 0.273. The molecule has 0 aromatic heterocycles. The molecule has 1 rings (SSSR count). The number of benzene rings is 1. The van der Waals surface area contributed by atoms with Crippen molar-refractivity contribution < 1.29 is 9.59 Å². The number of hydrogen-bond donors (Lipinski definition) is 4. The van der Waals surface area contributed by atoms with E-state index in [-0.39, 0.29) is 5.56 Å². The fourth-order valence-electron chi connectivity index (χ4n) is 1.28.